The average molecular weight is 570 g/mol. The van der Waals surface area contributed by atoms with E-state index >= 15 is 0 Å². The van der Waals surface area contributed by atoms with Gasteiger partial charge in [-0.2, -0.15) is 4.31 Å². The molecule has 3 N–H and O–H groups in total. The van der Waals surface area contributed by atoms with Gasteiger partial charge in [0.2, 0.25) is 22.3 Å². The number of aromatic nitrogens is 2. The summed E-state index contributed by atoms with van der Waals surface area (Å²) in [6.45, 7) is 1.90. The van der Waals surface area contributed by atoms with Gasteiger partial charge in [-0.3, -0.25) is 14.4 Å². The van der Waals surface area contributed by atoms with Gasteiger partial charge in [0.1, 0.15) is 12.1 Å². The van der Waals surface area contributed by atoms with E-state index in [9.17, 15) is 32.7 Å². The number of rotatable bonds is 13. The molecule has 2 amide bonds. The molecule has 3 atom stereocenters. The molecule has 1 aliphatic heterocycles. The highest BCUT2D eigenvalue weighted by Gasteiger charge is 2.40. The zero-order valence-corrected chi connectivity index (χ0v) is 22.7. The summed E-state index contributed by atoms with van der Waals surface area (Å²) in [5.74, 6) is -3.74. The molecule has 1 aromatic heterocycles. The summed E-state index contributed by atoms with van der Waals surface area (Å²) in [5, 5.41) is 11.9. The normalized spacial score (nSPS) is 18.1. The Morgan fingerprint density at radius 1 is 1.18 bits per heavy atom. The van der Waals surface area contributed by atoms with Crippen molar-refractivity contribution in [3.63, 3.8) is 0 Å². The summed E-state index contributed by atoms with van der Waals surface area (Å²) in [4.78, 5) is 57.6. The average Bonchev–Trinajstić information content (AvgIpc) is 3.57. The van der Waals surface area contributed by atoms with Gasteiger partial charge in [0.05, 0.1) is 23.1 Å². The van der Waals surface area contributed by atoms with Crippen LogP contribution in [0.2, 0.25) is 0 Å². The highest BCUT2D eigenvalue weighted by molar-refractivity contribution is 7.88. The minimum absolute atomic E-state index is 0.00979. The monoisotopic (exact) mass is 569 g/mol. The first-order chi connectivity index (χ1) is 19.1. The van der Waals surface area contributed by atoms with Crippen LogP contribution in [0.4, 0.5) is 0 Å². The molecule has 4 rings (SSSR count). The largest absolute Gasteiger partial charge is 0.475 e. The molecule has 0 saturated carbocycles. The lowest BCUT2D eigenvalue weighted by Gasteiger charge is -2.30. The van der Waals surface area contributed by atoms with Gasteiger partial charge in [0, 0.05) is 25.6 Å². The van der Waals surface area contributed by atoms with Gasteiger partial charge in [0.25, 0.3) is 5.78 Å². The fourth-order valence-corrected chi connectivity index (χ4v) is 6.63. The molecule has 1 aliphatic rings. The number of aliphatic carboxylic acids is 1. The second-order valence-electron chi connectivity index (χ2n) is 9.68. The van der Waals surface area contributed by atoms with Crippen LogP contribution in [0.3, 0.4) is 0 Å². The number of hydrogen-bond donors (Lipinski definition) is 3. The number of sulfonamides is 1. The Morgan fingerprint density at radius 2 is 1.93 bits per heavy atom. The minimum Gasteiger partial charge on any atom is -0.475 e. The predicted octanol–water partition coefficient (Wildman–Crippen LogP) is 1.09. The summed E-state index contributed by atoms with van der Waals surface area (Å²) in [7, 11) is -3.69. The third-order valence-corrected chi connectivity index (χ3v) is 8.99. The van der Waals surface area contributed by atoms with E-state index in [-0.39, 0.29) is 31.7 Å². The van der Waals surface area contributed by atoms with Crippen LogP contribution in [0.1, 0.15) is 30.9 Å². The number of nitrogens with zero attached hydrogens (tertiary/aromatic N) is 3. The quantitative estimate of drug-likeness (QED) is 0.203. The fourth-order valence-electron chi connectivity index (χ4n) is 5.04. The number of carbonyl (C=O) groups excluding carboxylic acids is 3. The molecule has 0 bridgehead atoms. The van der Waals surface area contributed by atoms with Crippen LogP contribution < -0.4 is 5.32 Å². The molecule has 13 heteroatoms. The Morgan fingerprint density at radius 3 is 2.60 bits per heavy atom. The van der Waals surface area contributed by atoms with Crippen molar-refractivity contribution < 1.29 is 32.7 Å². The molecule has 2 heterocycles. The van der Waals surface area contributed by atoms with E-state index in [0.29, 0.717) is 35.0 Å². The molecule has 2 aromatic carbocycles. The lowest BCUT2D eigenvalue weighted by atomic mass is 10.0. The fraction of sp³-hybridized carbons (Fsp3) is 0.370. The summed E-state index contributed by atoms with van der Waals surface area (Å²) >= 11 is 0. The number of Topliss-reactive ketones (excluding diaryl/α,β-unsaturated/α-hetero) is 1. The lowest BCUT2D eigenvalue weighted by Crippen LogP contribution is -2.53. The predicted molar refractivity (Wildman–Crippen MR) is 145 cm³/mol. The number of likely N-dealkylation sites (N-methyl/N-ethyl adjacent to an activating group) is 1. The summed E-state index contributed by atoms with van der Waals surface area (Å²) in [6.07, 6.45) is 2.53. The second-order valence-corrected chi connectivity index (χ2v) is 11.6. The van der Waals surface area contributed by atoms with Crippen LogP contribution in [0, 0.1) is 0 Å². The Kier molecular flexibility index (Phi) is 8.95. The van der Waals surface area contributed by atoms with E-state index in [1.54, 1.807) is 55.5 Å². The molecule has 1 saturated heterocycles. The molecule has 0 spiro atoms. The zero-order chi connectivity index (χ0) is 28.9. The van der Waals surface area contributed by atoms with Crippen LogP contribution in [0.25, 0.3) is 11.0 Å². The minimum atomic E-state index is -3.69. The number of carboxylic acid groups (broad SMARTS) is 1. The van der Waals surface area contributed by atoms with Gasteiger partial charge < -0.3 is 20.3 Å². The van der Waals surface area contributed by atoms with Crippen molar-refractivity contribution in [3.8, 4) is 0 Å². The first-order valence-corrected chi connectivity index (χ1v) is 14.5. The molecule has 3 unspecified atom stereocenters. The maximum atomic E-state index is 13.2. The van der Waals surface area contributed by atoms with E-state index in [1.807, 2.05) is 0 Å². The number of amides is 2. The molecule has 40 heavy (non-hydrogen) atoms. The van der Waals surface area contributed by atoms with Crippen LogP contribution in [0.5, 0.6) is 0 Å². The summed E-state index contributed by atoms with van der Waals surface area (Å²) in [6, 6.07) is 11.0. The van der Waals surface area contributed by atoms with Crippen LogP contribution in [0.15, 0.2) is 54.9 Å². The smallest absolute Gasteiger partial charge is 0.374 e. The first-order valence-electron chi connectivity index (χ1n) is 12.9. The number of carboxylic acids is 1. The number of aromatic amines is 1. The highest BCUT2D eigenvalue weighted by Crippen LogP contribution is 2.25. The zero-order valence-electron chi connectivity index (χ0n) is 21.9. The Bertz CT molecular complexity index is 1490. The van der Waals surface area contributed by atoms with Crippen molar-refractivity contribution in [2.45, 2.75) is 50.1 Å². The molecule has 3 aromatic rings. The third-order valence-electron chi connectivity index (χ3n) is 7.10. The third kappa shape index (κ3) is 6.54. The topological polar surface area (TPSA) is 170 Å². The molecular weight excluding hydrogens is 538 g/mol. The van der Waals surface area contributed by atoms with Gasteiger partial charge in [-0.05, 0) is 36.1 Å². The van der Waals surface area contributed by atoms with Gasteiger partial charge in [0.15, 0.2) is 0 Å². The van der Waals surface area contributed by atoms with Crippen LogP contribution in [-0.4, -0.2) is 88.0 Å². The Balaban J connectivity index is 1.46. The standard InChI is InChI=1S/C27H31N5O7S/c1-2-31(40(38,39)15-18-6-4-3-5-7-18)14-20-9-11-24(32(20)17-33)26(35)30-23(25(34)27(36)37)13-19-8-10-21-22(12-19)29-16-28-21/h3-8,10,12,16-17,20,23-24H,2,9,11,13-15H2,1H3,(H,28,29)(H,30,35)(H,36,37). The van der Waals surface area contributed by atoms with Gasteiger partial charge in [-0.25, -0.2) is 18.2 Å². The molecule has 212 valence electrons. The van der Waals surface area contributed by atoms with E-state index in [4.69, 9.17) is 0 Å². The SMILES string of the molecule is CCN(CC1CCC(C(=O)NC(Cc2ccc3nc[nH]c3c2)C(=O)C(=O)O)N1C=O)S(=O)(=O)Cc1ccccc1. The second kappa shape index (κ2) is 12.4. The van der Waals surface area contributed by atoms with Crippen molar-refractivity contribution in [3.05, 3.63) is 66.0 Å². The number of benzene rings is 2. The number of ketones is 1. The van der Waals surface area contributed by atoms with Crippen LogP contribution in [-0.2, 0) is 41.4 Å². The van der Waals surface area contributed by atoms with E-state index in [2.05, 4.69) is 15.3 Å². The van der Waals surface area contributed by atoms with Crippen molar-refractivity contribution in [2.24, 2.45) is 0 Å². The first kappa shape index (κ1) is 28.9. The van der Waals surface area contributed by atoms with Crippen molar-refractivity contribution in [1.29, 1.82) is 0 Å². The maximum Gasteiger partial charge on any atom is 0.374 e. The van der Waals surface area contributed by atoms with E-state index < -0.39 is 45.8 Å². The Hall–Kier alpha value is -4.10. The van der Waals surface area contributed by atoms with Crippen molar-refractivity contribution in [1.82, 2.24) is 24.5 Å². The number of imidazole rings is 1. The molecule has 12 nitrogen and oxygen atoms in total. The van der Waals surface area contributed by atoms with Gasteiger partial charge in [-0.1, -0.05) is 43.3 Å². The van der Waals surface area contributed by atoms with E-state index in [0.717, 1.165) is 0 Å². The number of hydrogen-bond acceptors (Lipinski definition) is 7. The van der Waals surface area contributed by atoms with Gasteiger partial charge in [-0.15, -0.1) is 0 Å². The lowest BCUT2D eigenvalue weighted by molar-refractivity contribution is -0.150. The molecule has 1 fully saturated rings. The highest BCUT2D eigenvalue weighted by atomic mass is 32.2. The number of nitrogens with one attached hydrogen (secondary N) is 2. The van der Waals surface area contributed by atoms with Crippen molar-refractivity contribution >= 4 is 45.1 Å². The van der Waals surface area contributed by atoms with Crippen LogP contribution >= 0.6 is 0 Å². The number of likely N-dealkylation sites (tertiary alicyclic amines) is 1. The van der Waals surface area contributed by atoms with E-state index in [1.165, 1.54) is 15.5 Å². The van der Waals surface area contributed by atoms with Crippen molar-refractivity contribution in [2.75, 3.05) is 13.1 Å². The maximum absolute atomic E-state index is 13.2. The molecule has 0 radical (unpaired) electrons. The number of carbonyl (C=O) groups is 4. The Labute approximate surface area is 231 Å². The molecular formula is C27H31N5O7S. The summed E-state index contributed by atoms with van der Waals surface area (Å²) < 4.78 is 27.5. The summed E-state index contributed by atoms with van der Waals surface area (Å²) in [5.41, 5.74) is 2.63. The van der Waals surface area contributed by atoms with Gasteiger partial charge >= 0.3 is 5.97 Å². The molecule has 0 aliphatic carbocycles. The number of fused-ring (bicyclic) bond motifs is 1. The number of H-pyrrole nitrogens is 1.